The van der Waals surface area contributed by atoms with Crippen LogP contribution in [0.2, 0.25) is 5.02 Å². The minimum Gasteiger partial charge on any atom is -0.367 e. The average Bonchev–Trinajstić information content (AvgIpc) is 2.46. The van der Waals surface area contributed by atoms with Gasteiger partial charge in [0.05, 0.1) is 11.3 Å². The van der Waals surface area contributed by atoms with Gasteiger partial charge in [0.15, 0.2) is 0 Å². The number of benzene rings is 1. The van der Waals surface area contributed by atoms with Crippen molar-refractivity contribution in [3.05, 3.63) is 28.8 Å². The maximum atomic E-state index is 9.32. The fraction of sp³-hybridized carbons (Fsp3) is 0.562. The van der Waals surface area contributed by atoms with Gasteiger partial charge in [-0.25, -0.2) is 0 Å². The molecule has 0 spiro atoms. The van der Waals surface area contributed by atoms with Crippen LogP contribution in [0, 0.1) is 17.2 Å². The SMILES string of the molecule is N#Cc1ccc(Cl)cc1N1CCC[C@H]2CCCC[C@H]21. The molecule has 2 nitrogen and oxygen atoms in total. The molecule has 1 aliphatic carbocycles. The standard InChI is InChI=1S/C16H19ClN2/c17-14-8-7-13(11-18)16(10-14)19-9-3-5-12-4-1-2-6-15(12)19/h7-8,10,12,15H,1-6,9H2/t12-,15-/m1/s1. The summed E-state index contributed by atoms with van der Waals surface area (Å²) >= 11 is 6.13. The van der Waals surface area contributed by atoms with E-state index in [2.05, 4.69) is 11.0 Å². The van der Waals surface area contributed by atoms with Crippen LogP contribution >= 0.6 is 11.6 Å². The number of piperidine rings is 1. The van der Waals surface area contributed by atoms with E-state index in [1.807, 2.05) is 18.2 Å². The van der Waals surface area contributed by atoms with Crippen LogP contribution in [0.25, 0.3) is 0 Å². The molecule has 1 aliphatic heterocycles. The van der Waals surface area contributed by atoms with E-state index < -0.39 is 0 Å². The first-order chi connectivity index (χ1) is 9.29. The van der Waals surface area contributed by atoms with Crippen molar-refractivity contribution < 1.29 is 0 Å². The number of fused-ring (bicyclic) bond motifs is 1. The highest BCUT2D eigenvalue weighted by atomic mass is 35.5. The third kappa shape index (κ3) is 2.44. The van der Waals surface area contributed by atoms with Crippen molar-refractivity contribution >= 4 is 17.3 Å². The topological polar surface area (TPSA) is 27.0 Å². The second kappa shape index (κ2) is 5.43. The zero-order chi connectivity index (χ0) is 13.2. The Kier molecular flexibility index (Phi) is 3.66. The van der Waals surface area contributed by atoms with Crippen LogP contribution in [0.1, 0.15) is 44.1 Å². The Hall–Kier alpha value is -1.20. The lowest BCUT2D eigenvalue weighted by Crippen LogP contribution is -2.47. The molecule has 100 valence electrons. The molecule has 1 heterocycles. The van der Waals surface area contributed by atoms with Gasteiger partial charge < -0.3 is 4.90 Å². The molecular formula is C16H19ClN2. The summed E-state index contributed by atoms with van der Waals surface area (Å²) < 4.78 is 0. The number of halogens is 1. The van der Waals surface area contributed by atoms with Gasteiger partial charge in [-0.15, -0.1) is 0 Å². The van der Waals surface area contributed by atoms with E-state index in [9.17, 15) is 5.26 Å². The molecule has 0 unspecified atom stereocenters. The van der Waals surface area contributed by atoms with Crippen LogP contribution in [0.5, 0.6) is 0 Å². The van der Waals surface area contributed by atoms with Crippen LogP contribution in [0.15, 0.2) is 18.2 Å². The Morgan fingerprint density at radius 3 is 2.79 bits per heavy atom. The lowest BCUT2D eigenvalue weighted by atomic mass is 9.78. The second-order valence-corrected chi connectivity index (χ2v) is 6.16. The third-order valence-corrected chi connectivity index (χ3v) is 4.87. The summed E-state index contributed by atoms with van der Waals surface area (Å²) in [6.45, 7) is 1.07. The van der Waals surface area contributed by atoms with E-state index in [1.165, 1.54) is 38.5 Å². The van der Waals surface area contributed by atoms with Gasteiger partial charge in [0.25, 0.3) is 0 Å². The summed E-state index contributed by atoms with van der Waals surface area (Å²) in [6, 6.07) is 8.57. The molecule has 0 bridgehead atoms. The van der Waals surface area contributed by atoms with Crippen molar-refractivity contribution in [2.45, 2.75) is 44.6 Å². The van der Waals surface area contributed by atoms with Gasteiger partial charge in [-0.05, 0) is 49.8 Å². The third-order valence-electron chi connectivity index (χ3n) is 4.63. The smallest absolute Gasteiger partial charge is 0.101 e. The first-order valence-corrected chi connectivity index (χ1v) is 7.63. The number of hydrogen-bond acceptors (Lipinski definition) is 2. The lowest BCUT2D eigenvalue weighted by molar-refractivity contribution is 0.244. The molecule has 3 rings (SSSR count). The molecule has 0 aromatic heterocycles. The van der Waals surface area contributed by atoms with E-state index >= 15 is 0 Å². The van der Waals surface area contributed by atoms with Crippen LogP contribution < -0.4 is 4.90 Å². The van der Waals surface area contributed by atoms with Crippen LogP contribution in [0.3, 0.4) is 0 Å². The summed E-state index contributed by atoms with van der Waals surface area (Å²) in [7, 11) is 0. The minimum absolute atomic E-state index is 0.619. The molecule has 0 radical (unpaired) electrons. The highest BCUT2D eigenvalue weighted by Crippen LogP contribution is 2.39. The van der Waals surface area contributed by atoms with Crippen molar-refractivity contribution in [3.8, 4) is 6.07 Å². The van der Waals surface area contributed by atoms with Crippen molar-refractivity contribution in [2.75, 3.05) is 11.4 Å². The number of anilines is 1. The van der Waals surface area contributed by atoms with Gasteiger partial charge in [0, 0.05) is 17.6 Å². The predicted molar refractivity (Wildman–Crippen MR) is 78.5 cm³/mol. The Morgan fingerprint density at radius 2 is 1.95 bits per heavy atom. The quantitative estimate of drug-likeness (QED) is 0.760. The van der Waals surface area contributed by atoms with Gasteiger partial charge in [0.2, 0.25) is 0 Å². The Labute approximate surface area is 120 Å². The number of hydrogen-bond donors (Lipinski definition) is 0. The highest BCUT2D eigenvalue weighted by Gasteiger charge is 2.34. The van der Waals surface area contributed by atoms with Gasteiger partial charge in [0.1, 0.15) is 6.07 Å². The van der Waals surface area contributed by atoms with Crippen LogP contribution in [-0.4, -0.2) is 12.6 Å². The maximum Gasteiger partial charge on any atom is 0.101 e. The van der Waals surface area contributed by atoms with E-state index in [4.69, 9.17) is 11.6 Å². The predicted octanol–water partition coefficient (Wildman–Crippen LogP) is 4.37. The summed E-state index contributed by atoms with van der Waals surface area (Å²) in [5, 5.41) is 10.0. The van der Waals surface area contributed by atoms with Gasteiger partial charge in [-0.3, -0.25) is 0 Å². The molecule has 2 aliphatic rings. The number of rotatable bonds is 1. The minimum atomic E-state index is 0.619. The largest absolute Gasteiger partial charge is 0.367 e. The summed E-state index contributed by atoms with van der Waals surface area (Å²) in [5.74, 6) is 0.813. The first-order valence-electron chi connectivity index (χ1n) is 7.26. The van der Waals surface area contributed by atoms with Crippen molar-refractivity contribution in [1.29, 1.82) is 5.26 Å². The summed E-state index contributed by atoms with van der Waals surface area (Å²) in [4.78, 5) is 2.46. The normalized spacial score (nSPS) is 26.6. The maximum absolute atomic E-state index is 9.32. The fourth-order valence-electron chi connectivity index (χ4n) is 3.76. The van der Waals surface area contributed by atoms with Crippen molar-refractivity contribution in [2.24, 2.45) is 5.92 Å². The van der Waals surface area contributed by atoms with Crippen LogP contribution in [0.4, 0.5) is 5.69 Å². The van der Waals surface area contributed by atoms with Gasteiger partial charge in [-0.2, -0.15) is 5.26 Å². The lowest BCUT2D eigenvalue weighted by Gasteiger charge is -2.45. The molecular weight excluding hydrogens is 256 g/mol. The van der Waals surface area contributed by atoms with Crippen LogP contribution in [-0.2, 0) is 0 Å². The fourth-order valence-corrected chi connectivity index (χ4v) is 3.93. The van der Waals surface area contributed by atoms with E-state index in [0.717, 1.165) is 28.7 Å². The Bertz CT molecular complexity index is 504. The van der Waals surface area contributed by atoms with E-state index in [-0.39, 0.29) is 0 Å². The summed E-state index contributed by atoms with van der Waals surface area (Å²) in [6.07, 6.45) is 7.89. The van der Waals surface area contributed by atoms with E-state index in [0.29, 0.717) is 6.04 Å². The molecule has 19 heavy (non-hydrogen) atoms. The molecule has 1 saturated carbocycles. The number of nitrogens with zero attached hydrogens (tertiary/aromatic N) is 2. The molecule has 1 saturated heterocycles. The first kappa shape index (κ1) is 12.8. The number of nitriles is 1. The average molecular weight is 275 g/mol. The second-order valence-electron chi connectivity index (χ2n) is 5.72. The molecule has 3 heteroatoms. The van der Waals surface area contributed by atoms with Gasteiger partial charge in [-0.1, -0.05) is 24.4 Å². The molecule has 2 fully saturated rings. The molecule has 2 atom stereocenters. The molecule has 0 amide bonds. The van der Waals surface area contributed by atoms with Crippen molar-refractivity contribution in [3.63, 3.8) is 0 Å². The zero-order valence-corrected chi connectivity index (χ0v) is 11.9. The molecule has 1 aromatic carbocycles. The monoisotopic (exact) mass is 274 g/mol. The molecule has 0 N–H and O–H groups in total. The van der Waals surface area contributed by atoms with E-state index in [1.54, 1.807) is 0 Å². The Morgan fingerprint density at radius 1 is 1.16 bits per heavy atom. The summed E-state index contributed by atoms with van der Waals surface area (Å²) in [5.41, 5.74) is 1.81. The van der Waals surface area contributed by atoms with Crippen molar-refractivity contribution in [1.82, 2.24) is 0 Å². The zero-order valence-electron chi connectivity index (χ0n) is 11.1. The Balaban J connectivity index is 1.96. The molecule has 1 aromatic rings. The highest BCUT2D eigenvalue weighted by molar-refractivity contribution is 6.30. The van der Waals surface area contributed by atoms with Gasteiger partial charge >= 0.3 is 0 Å².